The fourth-order valence-electron chi connectivity index (χ4n) is 2.22. The van der Waals surface area contributed by atoms with Crippen LogP contribution >= 0.6 is 15.9 Å². The van der Waals surface area contributed by atoms with Crippen LogP contribution in [0.1, 0.15) is 11.1 Å². The molecule has 8 heteroatoms. The number of rotatable bonds is 5. The highest BCUT2D eigenvalue weighted by molar-refractivity contribution is 9.10. The van der Waals surface area contributed by atoms with Crippen molar-refractivity contribution >= 4 is 34.1 Å². The van der Waals surface area contributed by atoms with Gasteiger partial charge in [0.2, 0.25) is 6.79 Å². The number of aromatic hydroxyl groups is 1. The van der Waals surface area contributed by atoms with Gasteiger partial charge in [-0.2, -0.15) is 5.10 Å². The van der Waals surface area contributed by atoms with E-state index >= 15 is 0 Å². The molecule has 0 saturated carbocycles. The number of hydrogen-bond acceptors (Lipinski definition) is 6. The minimum atomic E-state index is -0.385. The number of fused-ring (bicyclic) bond motifs is 1. The molecule has 1 aliphatic heterocycles. The second kappa shape index (κ2) is 7.92. The average molecular weight is 419 g/mol. The largest absolute Gasteiger partial charge is 0.503 e. The van der Waals surface area contributed by atoms with Gasteiger partial charge in [-0.05, 0) is 57.4 Å². The Morgan fingerprint density at radius 3 is 2.88 bits per heavy atom. The quantitative estimate of drug-likeness (QED) is 0.442. The number of nitrogens with zero attached hydrogens (tertiary/aromatic N) is 1. The highest BCUT2D eigenvalue weighted by Gasteiger charge is 2.12. The number of hydrazone groups is 1. The summed E-state index contributed by atoms with van der Waals surface area (Å²) in [4.78, 5) is 11.8. The van der Waals surface area contributed by atoms with Crippen molar-refractivity contribution in [1.29, 1.82) is 0 Å². The molecule has 0 radical (unpaired) electrons. The summed E-state index contributed by atoms with van der Waals surface area (Å²) in [7, 11) is 1.45. The Bertz CT molecular complexity index is 895. The zero-order valence-electron chi connectivity index (χ0n) is 13.7. The molecule has 0 saturated heterocycles. The summed E-state index contributed by atoms with van der Waals surface area (Å²) in [6.45, 7) is 0.204. The number of benzene rings is 2. The molecule has 0 spiro atoms. The van der Waals surface area contributed by atoms with Crippen molar-refractivity contribution in [2.45, 2.75) is 0 Å². The summed E-state index contributed by atoms with van der Waals surface area (Å²) < 4.78 is 16.0. The van der Waals surface area contributed by atoms with Gasteiger partial charge >= 0.3 is 0 Å². The molecular formula is C18H15BrN2O5. The fourth-order valence-corrected chi connectivity index (χ4v) is 2.68. The zero-order valence-corrected chi connectivity index (χ0v) is 15.3. The maximum absolute atomic E-state index is 11.8. The number of nitrogens with one attached hydrogen (secondary N) is 1. The number of ether oxygens (including phenoxy) is 3. The molecule has 1 heterocycles. The number of hydrogen-bond donors (Lipinski definition) is 2. The first-order valence-electron chi connectivity index (χ1n) is 7.54. The summed E-state index contributed by atoms with van der Waals surface area (Å²) >= 11 is 3.22. The molecule has 1 amide bonds. The van der Waals surface area contributed by atoms with Crippen molar-refractivity contribution in [1.82, 2.24) is 5.43 Å². The Morgan fingerprint density at radius 1 is 1.27 bits per heavy atom. The molecule has 0 fully saturated rings. The zero-order chi connectivity index (χ0) is 18.5. The molecule has 134 valence electrons. The van der Waals surface area contributed by atoms with Crippen LogP contribution in [0, 0.1) is 0 Å². The van der Waals surface area contributed by atoms with Crippen molar-refractivity contribution < 1.29 is 24.1 Å². The highest BCUT2D eigenvalue weighted by Crippen LogP contribution is 2.34. The van der Waals surface area contributed by atoms with Crippen molar-refractivity contribution in [2.24, 2.45) is 5.10 Å². The van der Waals surface area contributed by atoms with E-state index in [-0.39, 0.29) is 18.4 Å². The smallest absolute Gasteiger partial charge is 0.264 e. The number of phenols is 1. The van der Waals surface area contributed by atoms with Gasteiger partial charge in [-0.25, -0.2) is 5.43 Å². The van der Waals surface area contributed by atoms with Gasteiger partial charge in [0.15, 0.2) is 23.0 Å². The number of halogens is 1. The molecule has 2 aromatic carbocycles. The van der Waals surface area contributed by atoms with Gasteiger partial charge in [0.25, 0.3) is 5.91 Å². The van der Waals surface area contributed by atoms with Crippen LogP contribution < -0.4 is 19.6 Å². The van der Waals surface area contributed by atoms with E-state index in [9.17, 15) is 9.90 Å². The number of carbonyl (C=O) groups is 1. The van der Waals surface area contributed by atoms with Gasteiger partial charge in [-0.1, -0.05) is 6.07 Å². The maximum atomic E-state index is 11.8. The van der Waals surface area contributed by atoms with Crippen LogP contribution in [0.25, 0.3) is 6.08 Å². The Balaban J connectivity index is 1.60. The molecule has 0 aromatic heterocycles. The number of amides is 1. The van der Waals surface area contributed by atoms with Crippen LogP contribution in [0.3, 0.4) is 0 Å². The minimum Gasteiger partial charge on any atom is -0.503 e. The molecule has 0 bridgehead atoms. The molecule has 3 rings (SSSR count). The number of methoxy groups -OCH3 is 1. The third kappa shape index (κ3) is 4.15. The van der Waals surface area contributed by atoms with Crippen LogP contribution in [0.4, 0.5) is 0 Å². The first-order chi connectivity index (χ1) is 12.6. The lowest BCUT2D eigenvalue weighted by molar-refractivity contribution is -0.116. The summed E-state index contributed by atoms with van der Waals surface area (Å²) in [5, 5.41) is 13.6. The van der Waals surface area contributed by atoms with Crippen LogP contribution in [0.15, 0.2) is 46.0 Å². The van der Waals surface area contributed by atoms with Crippen LogP contribution in [0.2, 0.25) is 0 Å². The molecule has 2 N–H and O–H groups in total. The van der Waals surface area contributed by atoms with E-state index < -0.39 is 0 Å². The highest BCUT2D eigenvalue weighted by atomic mass is 79.9. The fraction of sp³-hybridized carbons (Fsp3) is 0.111. The Labute approximate surface area is 158 Å². The summed E-state index contributed by atoms with van der Waals surface area (Å²) in [5.41, 5.74) is 3.85. The van der Waals surface area contributed by atoms with E-state index in [0.717, 1.165) is 5.56 Å². The van der Waals surface area contributed by atoms with Crippen molar-refractivity contribution in [3.8, 4) is 23.0 Å². The Hall–Kier alpha value is -3.00. The molecular weight excluding hydrogens is 404 g/mol. The van der Waals surface area contributed by atoms with Gasteiger partial charge in [0.05, 0.1) is 17.8 Å². The summed E-state index contributed by atoms with van der Waals surface area (Å²) in [5.74, 6) is 1.25. The molecule has 2 aromatic rings. The standard InChI is InChI=1S/C18H15BrN2O5/c1-24-16-8-12(6-13(19)18(16)23)9-20-21-17(22)5-3-11-2-4-14-15(7-11)26-10-25-14/h2-9,23H,10H2,1H3,(H,21,22)/b5-3+,20-9-. The van der Waals surface area contributed by atoms with Crippen LogP contribution in [0.5, 0.6) is 23.0 Å². The maximum Gasteiger partial charge on any atom is 0.264 e. The molecule has 26 heavy (non-hydrogen) atoms. The normalized spacial score (nSPS) is 12.7. The van der Waals surface area contributed by atoms with Crippen LogP contribution in [-0.4, -0.2) is 31.1 Å². The first kappa shape index (κ1) is 17.8. The van der Waals surface area contributed by atoms with Crippen molar-refractivity contribution in [3.63, 3.8) is 0 Å². The lowest BCUT2D eigenvalue weighted by Crippen LogP contribution is -2.14. The second-order valence-corrected chi connectivity index (χ2v) is 6.09. The van der Waals surface area contributed by atoms with E-state index in [1.165, 1.54) is 19.4 Å². The number of carbonyl (C=O) groups excluding carboxylic acids is 1. The Kier molecular flexibility index (Phi) is 5.43. The molecule has 0 aliphatic carbocycles. The van der Waals surface area contributed by atoms with E-state index in [4.69, 9.17) is 14.2 Å². The summed E-state index contributed by atoms with van der Waals surface area (Å²) in [6, 6.07) is 8.64. The van der Waals surface area contributed by atoms with Gasteiger partial charge in [-0.15, -0.1) is 0 Å². The topological polar surface area (TPSA) is 89.4 Å². The van der Waals surface area contributed by atoms with E-state index in [1.54, 1.807) is 30.3 Å². The summed E-state index contributed by atoms with van der Waals surface area (Å²) in [6.07, 6.45) is 4.45. The van der Waals surface area contributed by atoms with Gasteiger partial charge < -0.3 is 19.3 Å². The predicted molar refractivity (Wildman–Crippen MR) is 99.7 cm³/mol. The predicted octanol–water partition coefficient (Wildman–Crippen LogP) is 3.06. The first-order valence-corrected chi connectivity index (χ1v) is 8.33. The van der Waals surface area contributed by atoms with Crippen molar-refractivity contribution in [3.05, 3.63) is 52.0 Å². The minimum absolute atomic E-state index is 0.000319. The van der Waals surface area contributed by atoms with E-state index in [2.05, 4.69) is 26.5 Å². The third-order valence-electron chi connectivity index (χ3n) is 3.48. The molecule has 0 unspecified atom stereocenters. The average Bonchev–Trinajstić information content (AvgIpc) is 3.10. The third-order valence-corrected chi connectivity index (χ3v) is 4.09. The van der Waals surface area contributed by atoms with Gasteiger partial charge in [-0.3, -0.25) is 4.79 Å². The lowest BCUT2D eigenvalue weighted by atomic mass is 10.2. The molecule has 1 aliphatic rings. The van der Waals surface area contributed by atoms with Gasteiger partial charge in [0, 0.05) is 6.08 Å². The number of phenolic OH excluding ortho intramolecular Hbond substituents is 1. The molecule has 7 nitrogen and oxygen atoms in total. The van der Waals surface area contributed by atoms with Crippen LogP contribution in [-0.2, 0) is 4.79 Å². The SMILES string of the molecule is COc1cc(/C=N\NC(=O)/C=C/c2ccc3c(c2)OCO3)cc(Br)c1O. The molecule has 0 atom stereocenters. The lowest BCUT2D eigenvalue weighted by Gasteiger charge is -2.06. The van der Waals surface area contributed by atoms with Crippen molar-refractivity contribution in [2.75, 3.05) is 13.9 Å². The second-order valence-electron chi connectivity index (χ2n) is 5.23. The monoisotopic (exact) mass is 418 g/mol. The van der Waals surface area contributed by atoms with Gasteiger partial charge in [0.1, 0.15) is 0 Å². The van der Waals surface area contributed by atoms with E-state index in [1.807, 2.05) is 6.07 Å². The Morgan fingerprint density at radius 2 is 2.08 bits per heavy atom. The van der Waals surface area contributed by atoms with E-state index in [0.29, 0.717) is 27.3 Å².